The first-order valence-electron chi connectivity index (χ1n) is 11.4. The lowest BCUT2D eigenvalue weighted by atomic mass is 10.1. The Morgan fingerprint density at radius 3 is 2.65 bits per heavy atom. The van der Waals surface area contributed by atoms with Gasteiger partial charge in [0.15, 0.2) is 11.5 Å². The number of rotatable bonds is 9. The molecule has 1 amide bonds. The maximum absolute atomic E-state index is 13.6. The van der Waals surface area contributed by atoms with Crippen LogP contribution in [-0.4, -0.2) is 58.2 Å². The highest BCUT2D eigenvalue weighted by Crippen LogP contribution is 2.31. The maximum Gasteiger partial charge on any atom is 0.240 e. The molecule has 2 aromatic rings. The second-order valence-corrected chi connectivity index (χ2v) is 10.1. The van der Waals surface area contributed by atoms with Crippen LogP contribution in [-0.2, 0) is 26.1 Å². The van der Waals surface area contributed by atoms with Crippen molar-refractivity contribution in [3.63, 3.8) is 0 Å². The van der Waals surface area contributed by atoms with Gasteiger partial charge in [0.2, 0.25) is 15.9 Å². The van der Waals surface area contributed by atoms with Gasteiger partial charge < -0.3 is 19.1 Å². The molecular formula is C24H29FN2O6S. The molecule has 1 N–H and O–H groups in total. The van der Waals surface area contributed by atoms with Gasteiger partial charge in [0.25, 0.3) is 0 Å². The summed E-state index contributed by atoms with van der Waals surface area (Å²) in [5.41, 5.74) is 0.666. The van der Waals surface area contributed by atoms with Gasteiger partial charge in [-0.15, -0.1) is 0 Å². The first kappa shape index (κ1) is 24.4. The van der Waals surface area contributed by atoms with Crippen LogP contribution in [0.3, 0.4) is 0 Å². The number of sulfonamides is 1. The van der Waals surface area contributed by atoms with Crippen LogP contribution >= 0.6 is 0 Å². The van der Waals surface area contributed by atoms with Crippen molar-refractivity contribution >= 4 is 15.9 Å². The van der Waals surface area contributed by atoms with Gasteiger partial charge in [-0.3, -0.25) is 4.79 Å². The average molecular weight is 493 g/mol. The van der Waals surface area contributed by atoms with Crippen molar-refractivity contribution in [2.75, 3.05) is 32.9 Å². The highest BCUT2D eigenvalue weighted by molar-refractivity contribution is 7.89. The summed E-state index contributed by atoms with van der Waals surface area (Å²) in [5, 5.41) is 0. The quantitative estimate of drug-likeness (QED) is 0.579. The van der Waals surface area contributed by atoms with E-state index in [1.165, 1.54) is 24.3 Å². The molecule has 1 unspecified atom stereocenters. The van der Waals surface area contributed by atoms with Crippen LogP contribution in [0.15, 0.2) is 47.4 Å². The third-order valence-corrected chi connectivity index (χ3v) is 7.18. The Bertz CT molecular complexity index is 1100. The second-order valence-electron chi connectivity index (χ2n) is 8.35. The van der Waals surface area contributed by atoms with E-state index in [0.717, 1.165) is 19.3 Å². The van der Waals surface area contributed by atoms with Crippen molar-refractivity contribution in [1.29, 1.82) is 0 Å². The van der Waals surface area contributed by atoms with E-state index in [2.05, 4.69) is 4.72 Å². The molecule has 1 saturated heterocycles. The Morgan fingerprint density at radius 2 is 1.88 bits per heavy atom. The lowest BCUT2D eigenvalue weighted by Gasteiger charge is -2.26. The summed E-state index contributed by atoms with van der Waals surface area (Å²) in [6.07, 6.45) is 2.39. The molecular weight excluding hydrogens is 463 g/mol. The van der Waals surface area contributed by atoms with Gasteiger partial charge in [-0.2, -0.15) is 0 Å². The van der Waals surface area contributed by atoms with E-state index >= 15 is 0 Å². The summed E-state index contributed by atoms with van der Waals surface area (Å²) in [4.78, 5) is 14.6. The molecule has 0 spiro atoms. The molecule has 0 aromatic heterocycles. The molecule has 4 rings (SSSR count). The number of hydrogen-bond donors (Lipinski definition) is 1. The molecule has 2 heterocycles. The molecule has 1 atom stereocenters. The highest BCUT2D eigenvalue weighted by Gasteiger charge is 2.24. The molecule has 2 aliphatic rings. The van der Waals surface area contributed by atoms with Gasteiger partial charge >= 0.3 is 0 Å². The van der Waals surface area contributed by atoms with Gasteiger partial charge in [-0.1, -0.05) is 12.1 Å². The molecule has 10 heteroatoms. The first-order valence-corrected chi connectivity index (χ1v) is 12.9. The topological polar surface area (TPSA) is 94.2 Å². The molecule has 0 aliphatic carbocycles. The zero-order valence-corrected chi connectivity index (χ0v) is 19.7. The maximum atomic E-state index is 13.6. The minimum atomic E-state index is -3.84. The van der Waals surface area contributed by atoms with Crippen LogP contribution in [0.2, 0.25) is 0 Å². The minimum absolute atomic E-state index is 0.0359. The molecule has 8 nitrogen and oxygen atoms in total. The number of carbonyl (C=O) groups is 1. The number of amides is 1. The number of halogens is 1. The molecule has 0 saturated carbocycles. The molecule has 2 aliphatic heterocycles. The van der Waals surface area contributed by atoms with E-state index in [1.54, 1.807) is 23.1 Å². The van der Waals surface area contributed by atoms with Crippen LogP contribution < -0.4 is 14.2 Å². The lowest BCUT2D eigenvalue weighted by molar-refractivity contribution is -0.133. The van der Waals surface area contributed by atoms with Crippen LogP contribution in [0.25, 0.3) is 0 Å². The predicted octanol–water partition coefficient (Wildman–Crippen LogP) is 2.86. The monoisotopic (exact) mass is 492 g/mol. The first-order chi connectivity index (χ1) is 16.4. The summed E-state index contributed by atoms with van der Waals surface area (Å²) < 4.78 is 58.4. The number of fused-ring (bicyclic) bond motifs is 1. The van der Waals surface area contributed by atoms with Gasteiger partial charge in [0.1, 0.15) is 5.82 Å². The molecule has 2 aromatic carbocycles. The lowest BCUT2D eigenvalue weighted by Crippen LogP contribution is -2.38. The normalized spacial score (nSPS) is 17.9. The Morgan fingerprint density at radius 1 is 1.06 bits per heavy atom. The van der Waals surface area contributed by atoms with Gasteiger partial charge in [-0.05, 0) is 42.7 Å². The van der Waals surface area contributed by atoms with E-state index < -0.39 is 10.0 Å². The van der Waals surface area contributed by atoms with Crippen molar-refractivity contribution in [3.8, 4) is 11.5 Å². The highest BCUT2D eigenvalue weighted by atomic mass is 32.2. The summed E-state index contributed by atoms with van der Waals surface area (Å²) in [6.45, 7) is 2.15. The molecule has 0 bridgehead atoms. The van der Waals surface area contributed by atoms with Crippen molar-refractivity contribution in [2.45, 2.75) is 43.2 Å². The van der Waals surface area contributed by atoms with Gasteiger partial charge in [0.05, 0.1) is 24.2 Å². The SMILES string of the molecule is O=C(CCNS(=O)(=O)c1ccc2c(c1)OCCCO2)N(Cc1cccc(F)c1)CC1CCCO1. The Labute approximate surface area is 199 Å². The third-order valence-electron chi connectivity index (χ3n) is 5.72. The van der Waals surface area contributed by atoms with Gasteiger partial charge in [0, 0.05) is 45.1 Å². The van der Waals surface area contributed by atoms with Crippen molar-refractivity contribution in [2.24, 2.45) is 0 Å². The average Bonchev–Trinajstić information content (AvgIpc) is 3.20. The van der Waals surface area contributed by atoms with Crippen molar-refractivity contribution < 1.29 is 31.8 Å². The summed E-state index contributed by atoms with van der Waals surface area (Å²) in [5.74, 6) is 0.286. The number of nitrogens with zero attached hydrogens (tertiary/aromatic N) is 1. The number of benzene rings is 2. The fraction of sp³-hybridized carbons (Fsp3) is 0.458. The van der Waals surface area contributed by atoms with E-state index in [0.29, 0.717) is 43.4 Å². The second kappa shape index (κ2) is 11.2. The molecule has 34 heavy (non-hydrogen) atoms. The van der Waals surface area contributed by atoms with E-state index in [-0.39, 0.29) is 42.2 Å². The smallest absolute Gasteiger partial charge is 0.240 e. The van der Waals surface area contributed by atoms with Crippen LogP contribution in [0.4, 0.5) is 4.39 Å². The van der Waals surface area contributed by atoms with Crippen molar-refractivity contribution in [3.05, 3.63) is 53.8 Å². The fourth-order valence-electron chi connectivity index (χ4n) is 3.99. The molecule has 184 valence electrons. The van der Waals surface area contributed by atoms with Crippen LogP contribution in [0.1, 0.15) is 31.2 Å². The zero-order valence-electron chi connectivity index (χ0n) is 18.9. The Hall–Kier alpha value is -2.69. The van der Waals surface area contributed by atoms with Crippen LogP contribution in [0.5, 0.6) is 11.5 Å². The molecule has 1 fully saturated rings. The van der Waals surface area contributed by atoms with E-state index in [1.807, 2.05) is 0 Å². The third kappa shape index (κ3) is 6.46. The summed E-state index contributed by atoms with van der Waals surface area (Å²) in [6, 6.07) is 10.5. The summed E-state index contributed by atoms with van der Waals surface area (Å²) in [7, 11) is -3.84. The van der Waals surface area contributed by atoms with E-state index in [9.17, 15) is 17.6 Å². The standard InChI is InChI=1S/C24H29FN2O6S/c25-19-5-1-4-18(14-19)16-27(17-20-6-2-11-31-20)24(28)9-10-26-34(29,30)21-7-8-22-23(15-21)33-13-3-12-32-22/h1,4-5,7-8,14-15,20,26H,2-3,6,9-13,16-17H2. The fourth-order valence-corrected chi connectivity index (χ4v) is 5.04. The number of carbonyl (C=O) groups excluding carboxylic acids is 1. The summed E-state index contributed by atoms with van der Waals surface area (Å²) >= 11 is 0. The number of nitrogens with one attached hydrogen (secondary N) is 1. The number of hydrogen-bond acceptors (Lipinski definition) is 6. The Kier molecular flexibility index (Phi) is 8.02. The van der Waals surface area contributed by atoms with E-state index in [4.69, 9.17) is 14.2 Å². The Balaban J connectivity index is 1.38. The minimum Gasteiger partial charge on any atom is -0.490 e. The van der Waals surface area contributed by atoms with Gasteiger partial charge in [-0.25, -0.2) is 17.5 Å². The van der Waals surface area contributed by atoms with Crippen molar-refractivity contribution in [1.82, 2.24) is 9.62 Å². The largest absolute Gasteiger partial charge is 0.490 e. The predicted molar refractivity (Wildman–Crippen MR) is 123 cm³/mol. The number of ether oxygens (including phenoxy) is 3. The van der Waals surface area contributed by atoms with Crippen LogP contribution in [0, 0.1) is 5.82 Å². The zero-order chi connectivity index (χ0) is 24.0. The molecule has 0 radical (unpaired) electrons.